The van der Waals surface area contributed by atoms with Gasteiger partial charge in [-0.2, -0.15) is 0 Å². The number of aromatic nitrogens is 2. The van der Waals surface area contributed by atoms with Gasteiger partial charge in [0.15, 0.2) is 6.29 Å². The first kappa shape index (κ1) is 15.2. The second kappa shape index (κ2) is 8.19. The smallest absolute Gasteiger partial charge is 0.158 e. The SMILES string of the molecule is CCOC(CCSc1ncnc2ccccc12)OCC. The van der Waals surface area contributed by atoms with Gasteiger partial charge in [-0.05, 0) is 19.9 Å². The lowest BCUT2D eigenvalue weighted by Gasteiger charge is -2.16. The molecule has 5 heteroatoms. The zero-order valence-corrected chi connectivity index (χ0v) is 12.7. The molecule has 108 valence electrons. The molecule has 20 heavy (non-hydrogen) atoms. The molecule has 0 atom stereocenters. The molecule has 2 rings (SSSR count). The molecule has 0 fully saturated rings. The Hall–Kier alpha value is -1.17. The van der Waals surface area contributed by atoms with E-state index in [-0.39, 0.29) is 6.29 Å². The third-order valence-electron chi connectivity index (χ3n) is 2.80. The summed E-state index contributed by atoms with van der Waals surface area (Å²) in [4.78, 5) is 8.64. The average Bonchev–Trinajstić information content (AvgIpc) is 2.48. The maximum Gasteiger partial charge on any atom is 0.158 e. The summed E-state index contributed by atoms with van der Waals surface area (Å²) in [6, 6.07) is 8.06. The van der Waals surface area contributed by atoms with Gasteiger partial charge < -0.3 is 9.47 Å². The summed E-state index contributed by atoms with van der Waals surface area (Å²) < 4.78 is 11.1. The van der Waals surface area contributed by atoms with Crippen molar-refractivity contribution in [3.05, 3.63) is 30.6 Å². The van der Waals surface area contributed by atoms with Gasteiger partial charge in [0.25, 0.3) is 0 Å². The fourth-order valence-electron chi connectivity index (χ4n) is 1.93. The Morgan fingerprint density at radius 2 is 1.85 bits per heavy atom. The molecule has 4 nitrogen and oxygen atoms in total. The molecule has 0 aliphatic rings. The van der Waals surface area contributed by atoms with Crippen LogP contribution in [0.1, 0.15) is 20.3 Å². The van der Waals surface area contributed by atoms with Crippen LogP contribution in [-0.2, 0) is 9.47 Å². The molecule has 0 unspecified atom stereocenters. The lowest BCUT2D eigenvalue weighted by Crippen LogP contribution is -2.18. The Morgan fingerprint density at radius 1 is 1.10 bits per heavy atom. The van der Waals surface area contributed by atoms with Crippen LogP contribution in [0.2, 0.25) is 0 Å². The summed E-state index contributed by atoms with van der Waals surface area (Å²) in [5, 5.41) is 2.12. The van der Waals surface area contributed by atoms with Crippen molar-refractivity contribution in [1.82, 2.24) is 9.97 Å². The van der Waals surface area contributed by atoms with E-state index in [0.29, 0.717) is 13.2 Å². The molecule has 2 aromatic rings. The van der Waals surface area contributed by atoms with Crippen LogP contribution < -0.4 is 0 Å². The molecule has 0 saturated heterocycles. The Bertz CT molecular complexity index is 525. The number of para-hydroxylation sites is 1. The van der Waals surface area contributed by atoms with E-state index in [2.05, 4.69) is 16.0 Å². The Balaban J connectivity index is 1.95. The van der Waals surface area contributed by atoms with Gasteiger partial charge in [-0.25, -0.2) is 9.97 Å². The van der Waals surface area contributed by atoms with Gasteiger partial charge in [0.05, 0.1) is 5.52 Å². The Morgan fingerprint density at radius 3 is 2.60 bits per heavy atom. The molecule has 1 heterocycles. The molecule has 0 bridgehead atoms. The van der Waals surface area contributed by atoms with Gasteiger partial charge in [-0.15, -0.1) is 11.8 Å². The zero-order valence-electron chi connectivity index (χ0n) is 11.9. The minimum absolute atomic E-state index is 0.120. The normalized spacial score (nSPS) is 11.3. The van der Waals surface area contributed by atoms with E-state index >= 15 is 0 Å². The molecule has 1 aromatic carbocycles. The van der Waals surface area contributed by atoms with Crippen LogP contribution in [0.4, 0.5) is 0 Å². The molecule has 0 radical (unpaired) electrons. The molecular formula is C15H20N2O2S. The topological polar surface area (TPSA) is 44.2 Å². The standard InChI is InChI=1S/C15H20N2O2S/c1-3-18-14(19-4-2)9-10-20-15-12-7-5-6-8-13(12)16-11-17-15/h5-8,11,14H,3-4,9-10H2,1-2H3. The van der Waals surface area contributed by atoms with Gasteiger partial charge in [0, 0.05) is 30.8 Å². The van der Waals surface area contributed by atoms with Crippen LogP contribution in [0.25, 0.3) is 10.9 Å². The van der Waals surface area contributed by atoms with Crippen molar-refractivity contribution in [2.75, 3.05) is 19.0 Å². The first-order valence-corrected chi connectivity index (χ1v) is 7.89. The predicted molar refractivity (Wildman–Crippen MR) is 81.9 cm³/mol. The summed E-state index contributed by atoms with van der Waals surface area (Å²) in [5.74, 6) is 0.908. The second-order valence-corrected chi connectivity index (χ2v) is 5.26. The minimum Gasteiger partial charge on any atom is -0.353 e. The third-order valence-corrected chi connectivity index (χ3v) is 3.84. The Labute approximate surface area is 123 Å². The van der Waals surface area contributed by atoms with Gasteiger partial charge in [0.2, 0.25) is 0 Å². The highest BCUT2D eigenvalue weighted by Gasteiger charge is 2.09. The maximum atomic E-state index is 5.54. The fourth-order valence-corrected chi connectivity index (χ4v) is 2.89. The molecule has 0 N–H and O–H groups in total. The van der Waals surface area contributed by atoms with E-state index in [1.165, 1.54) is 0 Å². The van der Waals surface area contributed by atoms with Crippen LogP contribution in [0.3, 0.4) is 0 Å². The van der Waals surface area contributed by atoms with Gasteiger partial charge in [0.1, 0.15) is 11.4 Å². The first-order valence-electron chi connectivity index (χ1n) is 6.90. The third kappa shape index (κ3) is 4.16. The monoisotopic (exact) mass is 292 g/mol. The van der Waals surface area contributed by atoms with Crippen LogP contribution in [0.5, 0.6) is 0 Å². The van der Waals surface area contributed by atoms with E-state index < -0.39 is 0 Å². The van der Waals surface area contributed by atoms with E-state index in [9.17, 15) is 0 Å². The summed E-state index contributed by atoms with van der Waals surface area (Å²) >= 11 is 1.72. The predicted octanol–water partition coefficient (Wildman–Crippen LogP) is 3.51. The minimum atomic E-state index is -0.120. The Kier molecular flexibility index (Phi) is 6.24. The van der Waals surface area contributed by atoms with E-state index in [4.69, 9.17) is 9.47 Å². The van der Waals surface area contributed by atoms with E-state index in [0.717, 1.165) is 28.1 Å². The number of ether oxygens (including phenoxy) is 2. The highest BCUT2D eigenvalue weighted by molar-refractivity contribution is 7.99. The number of fused-ring (bicyclic) bond motifs is 1. The van der Waals surface area contributed by atoms with Crippen molar-refractivity contribution in [2.24, 2.45) is 0 Å². The largest absolute Gasteiger partial charge is 0.353 e. The molecule has 0 aliphatic heterocycles. The van der Waals surface area contributed by atoms with Crippen LogP contribution in [-0.4, -0.2) is 35.2 Å². The summed E-state index contributed by atoms with van der Waals surface area (Å²) in [6.45, 7) is 5.31. The number of hydrogen-bond acceptors (Lipinski definition) is 5. The number of nitrogens with zero attached hydrogens (tertiary/aromatic N) is 2. The van der Waals surface area contributed by atoms with Gasteiger partial charge in [-0.3, -0.25) is 0 Å². The van der Waals surface area contributed by atoms with Crippen LogP contribution in [0.15, 0.2) is 35.6 Å². The van der Waals surface area contributed by atoms with Gasteiger partial charge >= 0.3 is 0 Å². The summed E-state index contributed by atoms with van der Waals surface area (Å²) in [6.07, 6.45) is 2.35. The summed E-state index contributed by atoms with van der Waals surface area (Å²) in [7, 11) is 0. The lowest BCUT2D eigenvalue weighted by atomic mass is 10.2. The molecule has 0 aliphatic carbocycles. The average molecular weight is 292 g/mol. The number of benzene rings is 1. The van der Waals surface area contributed by atoms with Crippen molar-refractivity contribution in [1.29, 1.82) is 0 Å². The highest BCUT2D eigenvalue weighted by Crippen LogP contribution is 2.25. The van der Waals surface area contributed by atoms with E-state index in [1.54, 1.807) is 18.1 Å². The van der Waals surface area contributed by atoms with Crippen molar-refractivity contribution >= 4 is 22.7 Å². The van der Waals surface area contributed by atoms with Crippen LogP contribution in [0, 0.1) is 0 Å². The molecule has 0 saturated carbocycles. The fraction of sp³-hybridized carbons (Fsp3) is 0.467. The number of rotatable bonds is 8. The number of thioether (sulfide) groups is 1. The van der Waals surface area contributed by atoms with Crippen molar-refractivity contribution in [3.8, 4) is 0 Å². The second-order valence-electron chi connectivity index (χ2n) is 4.17. The van der Waals surface area contributed by atoms with Crippen LogP contribution >= 0.6 is 11.8 Å². The molecule has 1 aromatic heterocycles. The highest BCUT2D eigenvalue weighted by atomic mass is 32.2. The lowest BCUT2D eigenvalue weighted by molar-refractivity contribution is -0.136. The molecule has 0 spiro atoms. The van der Waals surface area contributed by atoms with E-state index in [1.807, 2.05) is 32.0 Å². The first-order chi connectivity index (χ1) is 9.85. The summed E-state index contributed by atoms with van der Waals surface area (Å²) in [5.41, 5.74) is 0.983. The quantitative estimate of drug-likeness (QED) is 0.423. The van der Waals surface area contributed by atoms with Crippen molar-refractivity contribution in [3.63, 3.8) is 0 Å². The van der Waals surface area contributed by atoms with Crippen molar-refractivity contribution < 1.29 is 9.47 Å². The van der Waals surface area contributed by atoms with Crippen molar-refractivity contribution in [2.45, 2.75) is 31.6 Å². The molecule has 0 amide bonds. The number of hydrogen-bond donors (Lipinski definition) is 0. The maximum absolute atomic E-state index is 5.54. The van der Waals surface area contributed by atoms with Gasteiger partial charge in [-0.1, -0.05) is 18.2 Å². The molecular weight excluding hydrogens is 272 g/mol. The zero-order chi connectivity index (χ0) is 14.2.